The van der Waals surface area contributed by atoms with E-state index in [4.69, 9.17) is 5.26 Å². The number of carbonyl (C=O) groups is 2. The van der Waals surface area contributed by atoms with Crippen molar-refractivity contribution in [2.75, 3.05) is 10.6 Å². The van der Waals surface area contributed by atoms with Crippen LogP contribution in [0.2, 0.25) is 0 Å². The molecule has 0 atom stereocenters. The zero-order chi connectivity index (χ0) is 15.1. The molecule has 2 aromatic rings. The molecular formula is C14H12N4O2S. The number of amides is 2. The van der Waals surface area contributed by atoms with Crippen LogP contribution < -0.4 is 10.6 Å². The highest BCUT2D eigenvalue weighted by atomic mass is 32.1. The van der Waals surface area contributed by atoms with Crippen LogP contribution in [0.25, 0.3) is 0 Å². The van der Waals surface area contributed by atoms with Gasteiger partial charge in [-0.3, -0.25) is 9.59 Å². The molecule has 0 spiro atoms. The molecule has 2 rings (SSSR count). The monoisotopic (exact) mass is 300 g/mol. The van der Waals surface area contributed by atoms with Gasteiger partial charge < -0.3 is 10.6 Å². The van der Waals surface area contributed by atoms with Crippen molar-refractivity contribution < 1.29 is 9.59 Å². The topological polar surface area (TPSA) is 94.9 Å². The zero-order valence-corrected chi connectivity index (χ0v) is 11.8. The van der Waals surface area contributed by atoms with Crippen molar-refractivity contribution in [1.82, 2.24) is 4.98 Å². The number of nitrogens with one attached hydrogen (secondary N) is 2. The van der Waals surface area contributed by atoms with E-state index in [0.29, 0.717) is 16.4 Å². The number of nitrogens with zero attached hydrogens (tertiary/aromatic N) is 2. The Morgan fingerprint density at radius 1 is 1.14 bits per heavy atom. The standard InChI is InChI=1S/C14H12N4O2S/c15-9-10-1-3-11(4-2-10)17-12(19)5-6-13(20)18-14-16-7-8-21-14/h1-4,7-8H,5-6H2,(H,17,19)(H,16,18,20). The molecule has 0 bridgehead atoms. The molecule has 6 nitrogen and oxygen atoms in total. The second kappa shape index (κ2) is 7.17. The Hall–Kier alpha value is -2.72. The molecule has 7 heteroatoms. The van der Waals surface area contributed by atoms with Crippen molar-refractivity contribution in [3.05, 3.63) is 41.4 Å². The predicted octanol–water partition coefficient (Wildman–Crippen LogP) is 2.37. The molecule has 0 fully saturated rings. The minimum atomic E-state index is -0.256. The number of aromatic nitrogens is 1. The molecular weight excluding hydrogens is 288 g/mol. The van der Waals surface area contributed by atoms with Gasteiger partial charge in [-0.2, -0.15) is 5.26 Å². The maximum atomic E-state index is 11.7. The van der Waals surface area contributed by atoms with E-state index < -0.39 is 0 Å². The van der Waals surface area contributed by atoms with Gasteiger partial charge in [0.2, 0.25) is 11.8 Å². The molecule has 0 saturated carbocycles. The van der Waals surface area contributed by atoms with E-state index in [1.165, 1.54) is 11.3 Å². The van der Waals surface area contributed by atoms with E-state index in [9.17, 15) is 9.59 Å². The van der Waals surface area contributed by atoms with Crippen LogP contribution in [0.4, 0.5) is 10.8 Å². The molecule has 21 heavy (non-hydrogen) atoms. The van der Waals surface area contributed by atoms with Crippen molar-refractivity contribution in [3.8, 4) is 6.07 Å². The molecule has 106 valence electrons. The number of nitriles is 1. The van der Waals surface area contributed by atoms with E-state index in [1.54, 1.807) is 35.8 Å². The lowest BCUT2D eigenvalue weighted by atomic mass is 10.2. The smallest absolute Gasteiger partial charge is 0.226 e. The van der Waals surface area contributed by atoms with Crippen molar-refractivity contribution in [2.45, 2.75) is 12.8 Å². The van der Waals surface area contributed by atoms with Gasteiger partial charge in [-0.25, -0.2) is 4.98 Å². The minimum absolute atomic E-state index is 0.0806. The number of hydrogen-bond donors (Lipinski definition) is 2. The maximum absolute atomic E-state index is 11.7. The summed E-state index contributed by atoms with van der Waals surface area (Å²) in [5.41, 5.74) is 1.12. The first kappa shape index (κ1) is 14.7. The maximum Gasteiger partial charge on any atom is 0.226 e. The summed E-state index contributed by atoms with van der Waals surface area (Å²) in [6.45, 7) is 0. The van der Waals surface area contributed by atoms with Crippen molar-refractivity contribution in [3.63, 3.8) is 0 Å². The van der Waals surface area contributed by atoms with Crippen LogP contribution in [-0.4, -0.2) is 16.8 Å². The number of thiazole rings is 1. The first-order valence-corrected chi connectivity index (χ1v) is 7.04. The fourth-order valence-electron chi connectivity index (χ4n) is 1.55. The van der Waals surface area contributed by atoms with Crippen LogP contribution in [-0.2, 0) is 9.59 Å². The second-order valence-corrected chi connectivity index (χ2v) is 5.02. The summed E-state index contributed by atoms with van der Waals surface area (Å²) < 4.78 is 0. The van der Waals surface area contributed by atoms with Gasteiger partial charge in [0.1, 0.15) is 0 Å². The van der Waals surface area contributed by atoms with Crippen LogP contribution in [0.1, 0.15) is 18.4 Å². The van der Waals surface area contributed by atoms with Crippen LogP contribution >= 0.6 is 11.3 Å². The molecule has 1 aromatic heterocycles. The molecule has 0 aliphatic rings. The first-order chi connectivity index (χ1) is 10.2. The molecule has 2 N–H and O–H groups in total. The number of carbonyl (C=O) groups excluding carboxylic acids is 2. The Bertz CT molecular complexity index is 659. The Morgan fingerprint density at radius 2 is 1.81 bits per heavy atom. The molecule has 0 aliphatic carbocycles. The van der Waals surface area contributed by atoms with Crippen molar-refractivity contribution in [1.29, 1.82) is 5.26 Å². The zero-order valence-electron chi connectivity index (χ0n) is 11.0. The molecule has 1 aromatic carbocycles. The van der Waals surface area contributed by atoms with Gasteiger partial charge in [-0.15, -0.1) is 11.3 Å². The summed E-state index contributed by atoms with van der Waals surface area (Å²) in [4.78, 5) is 27.2. The summed E-state index contributed by atoms with van der Waals surface area (Å²) in [7, 11) is 0. The fourth-order valence-corrected chi connectivity index (χ4v) is 2.09. The van der Waals surface area contributed by atoms with Gasteiger partial charge in [0.25, 0.3) is 0 Å². The lowest BCUT2D eigenvalue weighted by Crippen LogP contribution is -2.17. The summed E-state index contributed by atoms with van der Waals surface area (Å²) in [6.07, 6.45) is 1.76. The van der Waals surface area contributed by atoms with E-state index in [1.807, 2.05) is 6.07 Å². The Balaban J connectivity index is 1.76. The highest BCUT2D eigenvalue weighted by molar-refractivity contribution is 7.13. The second-order valence-electron chi connectivity index (χ2n) is 4.12. The largest absolute Gasteiger partial charge is 0.326 e. The minimum Gasteiger partial charge on any atom is -0.326 e. The Kier molecular flexibility index (Phi) is 5.01. The van der Waals surface area contributed by atoms with Gasteiger partial charge in [-0.1, -0.05) is 0 Å². The molecule has 0 unspecified atom stereocenters. The quantitative estimate of drug-likeness (QED) is 0.886. The molecule has 1 heterocycles. The third-order valence-corrected chi connectivity index (χ3v) is 3.24. The van der Waals surface area contributed by atoms with E-state index >= 15 is 0 Å². The lowest BCUT2D eigenvalue weighted by Gasteiger charge is -2.05. The van der Waals surface area contributed by atoms with Crippen LogP contribution in [0, 0.1) is 11.3 Å². The number of rotatable bonds is 5. The van der Waals surface area contributed by atoms with Crippen LogP contribution in [0.5, 0.6) is 0 Å². The molecule has 0 saturated heterocycles. The van der Waals surface area contributed by atoms with Gasteiger partial charge in [0.05, 0.1) is 11.6 Å². The summed E-state index contributed by atoms with van der Waals surface area (Å²) in [5.74, 6) is -0.506. The molecule has 0 aliphatic heterocycles. The SMILES string of the molecule is N#Cc1ccc(NC(=O)CCC(=O)Nc2nccs2)cc1. The number of hydrogen-bond acceptors (Lipinski definition) is 5. The third-order valence-electron chi connectivity index (χ3n) is 2.56. The Morgan fingerprint density at radius 3 is 2.38 bits per heavy atom. The van der Waals surface area contributed by atoms with E-state index in [0.717, 1.165) is 0 Å². The third kappa shape index (κ3) is 4.71. The average Bonchev–Trinajstić information content (AvgIpc) is 2.99. The van der Waals surface area contributed by atoms with Gasteiger partial charge >= 0.3 is 0 Å². The molecule has 0 radical (unpaired) electrons. The predicted molar refractivity (Wildman–Crippen MR) is 79.8 cm³/mol. The summed E-state index contributed by atoms with van der Waals surface area (Å²) >= 11 is 1.32. The van der Waals surface area contributed by atoms with Gasteiger partial charge in [-0.05, 0) is 24.3 Å². The first-order valence-electron chi connectivity index (χ1n) is 6.17. The number of benzene rings is 1. The van der Waals surface area contributed by atoms with E-state index in [2.05, 4.69) is 15.6 Å². The fraction of sp³-hybridized carbons (Fsp3) is 0.143. The van der Waals surface area contributed by atoms with Crippen LogP contribution in [0.3, 0.4) is 0 Å². The van der Waals surface area contributed by atoms with Crippen LogP contribution in [0.15, 0.2) is 35.8 Å². The normalized spacial score (nSPS) is 9.67. The van der Waals surface area contributed by atoms with Crippen molar-refractivity contribution >= 4 is 34.0 Å². The number of anilines is 2. The average molecular weight is 300 g/mol. The summed E-state index contributed by atoms with van der Waals surface area (Å²) in [6, 6.07) is 8.52. The van der Waals surface area contributed by atoms with Crippen molar-refractivity contribution in [2.24, 2.45) is 0 Å². The van der Waals surface area contributed by atoms with Gasteiger partial charge in [0, 0.05) is 30.1 Å². The molecule has 2 amide bonds. The van der Waals surface area contributed by atoms with E-state index in [-0.39, 0.29) is 24.7 Å². The lowest BCUT2D eigenvalue weighted by molar-refractivity contribution is -0.121. The Labute approximate surface area is 125 Å². The summed E-state index contributed by atoms with van der Waals surface area (Å²) in [5, 5.41) is 16.2. The van der Waals surface area contributed by atoms with Gasteiger partial charge in [0.15, 0.2) is 5.13 Å². The highest BCUT2D eigenvalue weighted by Crippen LogP contribution is 2.12. The highest BCUT2D eigenvalue weighted by Gasteiger charge is 2.08.